The molecule has 0 atom stereocenters. The van der Waals surface area contributed by atoms with Crippen molar-refractivity contribution in [1.29, 1.82) is 0 Å². The smallest absolute Gasteiger partial charge is 0.418 e. The van der Waals surface area contributed by atoms with E-state index >= 15 is 0 Å². The quantitative estimate of drug-likeness (QED) is 0.610. The van der Waals surface area contributed by atoms with Crippen LogP contribution in [0.25, 0.3) is 0 Å². The molecule has 0 radical (unpaired) electrons. The normalized spacial score (nSPS) is 10.9. The average molecular weight is 434 g/mol. The average Bonchev–Trinajstić information content (AvgIpc) is 2.61. The van der Waals surface area contributed by atoms with Crippen molar-refractivity contribution in [3.63, 3.8) is 0 Å². The molecule has 0 saturated carbocycles. The van der Waals surface area contributed by atoms with Crippen molar-refractivity contribution in [1.82, 2.24) is 0 Å². The van der Waals surface area contributed by atoms with E-state index < -0.39 is 17.6 Å². The van der Waals surface area contributed by atoms with E-state index in [1.54, 1.807) is 0 Å². The molecule has 0 aliphatic carbocycles. The molecule has 0 saturated heterocycles. The Hall–Kier alpha value is -2.72. The first kappa shape index (κ1) is 21.6. The minimum Gasteiger partial charge on any atom is -0.495 e. The molecule has 11 heteroatoms. The fourth-order valence-corrected chi connectivity index (χ4v) is 2.74. The van der Waals surface area contributed by atoms with E-state index in [0.717, 1.165) is 12.1 Å². The van der Waals surface area contributed by atoms with Gasteiger partial charge in [0.1, 0.15) is 11.5 Å². The van der Waals surface area contributed by atoms with Gasteiger partial charge in [0.15, 0.2) is 5.11 Å². The molecule has 0 unspecified atom stereocenters. The summed E-state index contributed by atoms with van der Waals surface area (Å²) < 4.78 is 50.2. The largest absolute Gasteiger partial charge is 0.495 e. The molecule has 4 N–H and O–H groups in total. The number of carbonyl (C=O) groups excluding carboxylic acids is 1. The Morgan fingerprint density at radius 3 is 2.21 bits per heavy atom. The summed E-state index contributed by atoms with van der Waals surface area (Å²) in [7, 11) is 2.82. The van der Waals surface area contributed by atoms with Crippen molar-refractivity contribution >= 4 is 46.2 Å². The molecular formula is C17H15ClF3N3O3S. The van der Waals surface area contributed by atoms with Crippen molar-refractivity contribution < 1.29 is 27.4 Å². The first-order valence-corrected chi connectivity index (χ1v) is 8.36. The van der Waals surface area contributed by atoms with Gasteiger partial charge in [-0.15, -0.1) is 0 Å². The highest BCUT2D eigenvalue weighted by Gasteiger charge is 2.34. The molecule has 28 heavy (non-hydrogen) atoms. The van der Waals surface area contributed by atoms with Crippen LogP contribution in [-0.2, 0) is 6.18 Å². The van der Waals surface area contributed by atoms with Gasteiger partial charge in [-0.25, -0.2) is 0 Å². The van der Waals surface area contributed by atoms with Gasteiger partial charge in [0, 0.05) is 11.6 Å². The number of hydrogen-bond acceptors (Lipinski definition) is 4. The topological polar surface area (TPSA) is 85.6 Å². The monoisotopic (exact) mass is 433 g/mol. The lowest BCUT2D eigenvalue weighted by molar-refractivity contribution is -0.136. The standard InChI is InChI=1S/C17H15ClF3N3O3S/c1-26-13-7-14(27-2)12(6-10(13)18)24-16(28)23-11-4-3-8(15(22)25)5-9(11)17(19,20)21/h3-7H,1-2H3,(H2,22,25)(H2,23,24,28). The van der Waals surface area contributed by atoms with Crippen molar-refractivity contribution in [3.8, 4) is 11.5 Å². The zero-order chi connectivity index (χ0) is 21.1. The summed E-state index contributed by atoms with van der Waals surface area (Å²) in [6.45, 7) is 0. The van der Waals surface area contributed by atoms with Crippen molar-refractivity contribution in [3.05, 3.63) is 46.5 Å². The van der Waals surface area contributed by atoms with E-state index in [-0.39, 0.29) is 21.4 Å². The summed E-state index contributed by atoms with van der Waals surface area (Å²) in [5.41, 5.74) is 3.64. The predicted molar refractivity (Wildman–Crippen MR) is 104 cm³/mol. The Morgan fingerprint density at radius 2 is 1.68 bits per heavy atom. The molecule has 0 heterocycles. The highest BCUT2D eigenvalue weighted by Crippen LogP contribution is 2.37. The number of nitrogens with one attached hydrogen (secondary N) is 2. The maximum absolute atomic E-state index is 13.3. The molecule has 2 aromatic rings. The predicted octanol–water partition coefficient (Wildman–Crippen LogP) is 4.28. The highest BCUT2D eigenvalue weighted by molar-refractivity contribution is 7.80. The molecule has 2 aromatic carbocycles. The molecule has 0 aliphatic rings. The summed E-state index contributed by atoms with van der Waals surface area (Å²) in [4.78, 5) is 11.2. The summed E-state index contributed by atoms with van der Waals surface area (Å²) >= 11 is 11.1. The number of carbonyl (C=O) groups is 1. The van der Waals surface area contributed by atoms with Gasteiger partial charge < -0.3 is 25.8 Å². The Balaban J connectivity index is 2.31. The van der Waals surface area contributed by atoms with Crippen LogP contribution in [0.15, 0.2) is 30.3 Å². The number of benzene rings is 2. The number of anilines is 2. The first-order valence-electron chi connectivity index (χ1n) is 7.57. The SMILES string of the molecule is COc1cc(OC)c(NC(=S)Nc2ccc(C(N)=O)cc2C(F)(F)F)cc1Cl. The van der Waals surface area contributed by atoms with Gasteiger partial charge in [0.2, 0.25) is 5.91 Å². The second-order valence-corrected chi connectivity index (χ2v) is 6.20. The summed E-state index contributed by atoms with van der Waals surface area (Å²) in [5.74, 6) is -0.315. The van der Waals surface area contributed by atoms with Gasteiger partial charge >= 0.3 is 6.18 Å². The van der Waals surface area contributed by atoms with Gasteiger partial charge in [-0.3, -0.25) is 4.79 Å². The Bertz CT molecular complexity index is 922. The van der Waals surface area contributed by atoms with Crippen LogP contribution in [0.4, 0.5) is 24.5 Å². The number of primary amides is 1. The Kier molecular flexibility index (Phi) is 6.57. The number of ether oxygens (including phenoxy) is 2. The van der Waals surface area contributed by atoms with Crippen LogP contribution < -0.4 is 25.8 Å². The van der Waals surface area contributed by atoms with Gasteiger partial charge in [-0.1, -0.05) is 11.6 Å². The second-order valence-electron chi connectivity index (χ2n) is 5.39. The molecule has 150 valence electrons. The molecule has 6 nitrogen and oxygen atoms in total. The third-order valence-corrected chi connectivity index (χ3v) is 4.08. The van der Waals surface area contributed by atoms with Gasteiger partial charge in [0.25, 0.3) is 0 Å². The van der Waals surface area contributed by atoms with E-state index in [4.69, 9.17) is 39.0 Å². The maximum atomic E-state index is 13.3. The van der Waals surface area contributed by atoms with Crippen molar-refractivity contribution in [2.75, 3.05) is 24.9 Å². The Labute approximate surface area is 168 Å². The number of methoxy groups -OCH3 is 2. The van der Waals surface area contributed by atoms with Crippen LogP contribution in [0.2, 0.25) is 5.02 Å². The van der Waals surface area contributed by atoms with Crippen LogP contribution in [0.1, 0.15) is 15.9 Å². The number of alkyl halides is 3. The Morgan fingerprint density at radius 1 is 1.07 bits per heavy atom. The number of nitrogens with two attached hydrogens (primary N) is 1. The highest BCUT2D eigenvalue weighted by atomic mass is 35.5. The molecule has 0 bridgehead atoms. The van der Waals surface area contributed by atoms with E-state index in [1.165, 1.54) is 26.4 Å². The molecule has 0 fully saturated rings. The lowest BCUT2D eigenvalue weighted by Gasteiger charge is -2.18. The van der Waals surface area contributed by atoms with Crippen LogP contribution in [0.5, 0.6) is 11.5 Å². The van der Waals surface area contributed by atoms with Crippen LogP contribution in [-0.4, -0.2) is 25.2 Å². The van der Waals surface area contributed by atoms with Crippen molar-refractivity contribution in [2.45, 2.75) is 6.18 Å². The summed E-state index contributed by atoms with van der Waals surface area (Å²) in [5, 5.41) is 5.25. The molecule has 0 aliphatic heterocycles. The molecule has 0 aromatic heterocycles. The third-order valence-electron chi connectivity index (χ3n) is 3.58. The van der Waals surface area contributed by atoms with Gasteiger partial charge in [0.05, 0.1) is 36.2 Å². The number of thiocarbonyl (C=S) groups is 1. The fourth-order valence-electron chi connectivity index (χ4n) is 2.27. The number of rotatable bonds is 5. The zero-order valence-corrected chi connectivity index (χ0v) is 16.2. The molecule has 0 spiro atoms. The van der Waals surface area contributed by atoms with E-state index in [9.17, 15) is 18.0 Å². The van der Waals surface area contributed by atoms with Crippen LogP contribution >= 0.6 is 23.8 Å². The van der Waals surface area contributed by atoms with E-state index in [0.29, 0.717) is 23.3 Å². The third kappa shape index (κ3) is 4.96. The molecule has 2 rings (SSSR count). The minimum atomic E-state index is -4.73. The van der Waals surface area contributed by atoms with E-state index in [1.807, 2.05) is 0 Å². The first-order chi connectivity index (χ1) is 13.1. The van der Waals surface area contributed by atoms with Crippen LogP contribution in [0, 0.1) is 0 Å². The zero-order valence-electron chi connectivity index (χ0n) is 14.6. The van der Waals surface area contributed by atoms with Crippen molar-refractivity contribution in [2.24, 2.45) is 5.73 Å². The lowest BCUT2D eigenvalue weighted by Crippen LogP contribution is -2.22. The maximum Gasteiger partial charge on any atom is 0.418 e. The van der Waals surface area contributed by atoms with Crippen LogP contribution in [0.3, 0.4) is 0 Å². The lowest BCUT2D eigenvalue weighted by atomic mass is 10.1. The summed E-state index contributed by atoms with van der Waals surface area (Å²) in [6, 6.07) is 5.82. The van der Waals surface area contributed by atoms with Gasteiger partial charge in [-0.05, 0) is 36.5 Å². The second kappa shape index (κ2) is 8.53. The number of hydrogen-bond donors (Lipinski definition) is 3. The minimum absolute atomic E-state index is 0.156. The van der Waals surface area contributed by atoms with Gasteiger partial charge in [-0.2, -0.15) is 13.2 Å². The van der Waals surface area contributed by atoms with E-state index in [2.05, 4.69) is 10.6 Å². The molecular weight excluding hydrogens is 419 g/mol. The fraction of sp³-hybridized carbons (Fsp3) is 0.176. The number of halogens is 4. The molecule has 1 amide bonds. The number of amides is 1. The summed E-state index contributed by atoms with van der Waals surface area (Å²) in [6.07, 6.45) is -4.73.